The van der Waals surface area contributed by atoms with Gasteiger partial charge in [0.2, 0.25) is 5.91 Å². The largest absolute Gasteiger partial charge is 0.388 e. The third-order valence-corrected chi connectivity index (χ3v) is 7.22. The van der Waals surface area contributed by atoms with Gasteiger partial charge in [-0.05, 0) is 28.3 Å². The van der Waals surface area contributed by atoms with Crippen LogP contribution in [0.2, 0.25) is 0 Å². The number of benzene rings is 2. The average Bonchev–Trinajstić information content (AvgIpc) is 3.43. The summed E-state index contributed by atoms with van der Waals surface area (Å²) in [6, 6.07) is 14.3. The van der Waals surface area contributed by atoms with Crippen molar-refractivity contribution in [1.82, 2.24) is 24.8 Å². The Labute approximate surface area is 220 Å². The van der Waals surface area contributed by atoms with Crippen LogP contribution >= 0.6 is 11.8 Å². The number of azide groups is 1. The molecule has 4 aromatic rings. The molecule has 5 rings (SSSR count). The van der Waals surface area contributed by atoms with E-state index in [9.17, 15) is 15.0 Å². The topological polar surface area (TPSA) is 197 Å². The first-order valence-electron chi connectivity index (χ1n) is 11.8. The van der Waals surface area contributed by atoms with Crippen LogP contribution in [0.3, 0.4) is 0 Å². The number of aliphatic hydroxyl groups excluding tert-OH is 2. The van der Waals surface area contributed by atoms with Crippen molar-refractivity contribution in [3.8, 4) is 0 Å². The van der Waals surface area contributed by atoms with Crippen LogP contribution in [-0.4, -0.2) is 72.8 Å². The predicted octanol–water partition coefficient (Wildman–Crippen LogP) is 1.94. The van der Waals surface area contributed by atoms with E-state index in [1.54, 1.807) is 0 Å². The maximum atomic E-state index is 12.6. The van der Waals surface area contributed by atoms with Crippen LogP contribution in [-0.2, 0) is 16.0 Å². The highest BCUT2D eigenvalue weighted by Gasteiger charge is 2.45. The van der Waals surface area contributed by atoms with E-state index in [1.165, 1.54) is 10.9 Å². The van der Waals surface area contributed by atoms with E-state index >= 15 is 0 Å². The lowest BCUT2D eigenvalue weighted by Gasteiger charge is -2.19. The van der Waals surface area contributed by atoms with Gasteiger partial charge in [0.05, 0.1) is 18.4 Å². The van der Waals surface area contributed by atoms with Crippen molar-refractivity contribution in [2.45, 2.75) is 36.1 Å². The molecule has 1 aliphatic heterocycles. The van der Waals surface area contributed by atoms with Gasteiger partial charge in [-0.25, -0.2) is 15.0 Å². The zero-order valence-corrected chi connectivity index (χ0v) is 20.9. The Hall–Kier alpha value is -3.94. The van der Waals surface area contributed by atoms with E-state index in [4.69, 9.17) is 16.0 Å². The summed E-state index contributed by atoms with van der Waals surface area (Å²) < 4.78 is 7.29. The lowest BCUT2D eigenvalue weighted by Crippen LogP contribution is -2.33. The Bertz CT molecular complexity index is 1520. The highest BCUT2D eigenvalue weighted by Crippen LogP contribution is 2.36. The predicted molar refractivity (Wildman–Crippen MR) is 141 cm³/mol. The van der Waals surface area contributed by atoms with Crippen molar-refractivity contribution in [3.63, 3.8) is 0 Å². The molecule has 0 saturated carbocycles. The second kappa shape index (κ2) is 11.2. The third-order valence-electron chi connectivity index (χ3n) is 6.27. The molecule has 0 aliphatic carbocycles. The fourth-order valence-electron chi connectivity index (χ4n) is 4.37. The smallest absolute Gasteiger partial charge is 0.230 e. The summed E-state index contributed by atoms with van der Waals surface area (Å²) in [5.41, 5.74) is 16.3. The van der Waals surface area contributed by atoms with Crippen molar-refractivity contribution in [2.24, 2.45) is 5.11 Å². The molecule has 1 aliphatic rings. The number of thioether (sulfide) groups is 1. The molecular formula is C24H25N9O4S. The molecule has 4 atom stereocenters. The highest BCUT2D eigenvalue weighted by atomic mass is 32.2. The van der Waals surface area contributed by atoms with Gasteiger partial charge in [0.25, 0.3) is 0 Å². The van der Waals surface area contributed by atoms with Gasteiger partial charge >= 0.3 is 0 Å². The number of anilines is 1. The summed E-state index contributed by atoms with van der Waals surface area (Å²) in [7, 11) is 0. The molecule has 2 aromatic heterocycles. The number of rotatable bonds is 9. The fourth-order valence-corrected chi connectivity index (χ4v) is 5.22. The molecule has 13 nitrogen and oxygen atoms in total. The molecule has 0 unspecified atom stereocenters. The van der Waals surface area contributed by atoms with Crippen LogP contribution in [0.25, 0.3) is 32.4 Å². The number of nitrogens with zero attached hydrogens (tertiary/aromatic N) is 7. The van der Waals surface area contributed by atoms with Gasteiger partial charge in [-0.1, -0.05) is 59.3 Å². The normalized spacial score (nSPS) is 21.0. The quantitative estimate of drug-likeness (QED) is 0.107. The molecule has 1 amide bonds. The number of carbonyl (C=O) groups is 1. The van der Waals surface area contributed by atoms with Crippen LogP contribution in [0, 0.1) is 0 Å². The SMILES string of the molecule is [N-]=[N+]=NC[C@H]1O[C@@H](n2c(SCC(=O)NCCc3ccc4ccccc4c3)nc3c(N)ncnc32)[C@H](O)[C@@H]1O. The van der Waals surface area contributed by atoms with E-state index in [0.29, 0.717) is 18.1 Å². The molecule has 1 fully saturated rings. The van der Waals surface area contributed by atoms with Crippen LogP contribution in [0.5, 0.6) is 0 Å². The van der Waals surface area contributed by atoms with E-state index < -0.39 is 24.5 Å². The Kier molecular flexibility index (Phi) is 7.58. The molecule has 0 spiro atoms. The third kappa shape index (κ3) is 5.21. The van der Waals surface area contributed by atoms with Gasteiger partial charge < -0.3 is 26.0 Å². The lowest BCUT2D eigenvalue weighted by molar-refractivity contribution is -0.118. The standard InChI is InChI=1S/C24H25N9O4S/c25-21-18-22(29-12-28-21)33(23-20(36)19(35)16(37-23)10-30-32-26)24(31-18)38-11-17(34)27-8-7-13-5-6-14-3-1-2-4-15(14)9-13/h1-6,9,12,16,19-20,23,35-36H,7-8,10-11H2,(H,27,34)(H2,25,28,29)/t16-,19-,20-,23-/m1/s1. The molecule has 3 heterocycles. The number of amides is 1. The molecule has 0 bridgehead atoms. The number of carbonyl (C=O) groups excluding carboxylic acids is 1. The fraction of sp³-hybridized carbons (Fsp3) is 0.333. The molecule has 196 valence electrons. The van der Waals surface area contributed by atoms with Gasteiger partial charge in [-0.2, -0.15) is 0 Å². The monoisotopic (exact) mass is 535 g/mol. The molecule has 14 heteroatoms. The minimum absolute atomic E-state index is 0.0297. The van der Waals surface area contributed by atoms with Crippen molar-refractivity contribution in [1.29, 1.82) is 0 Å². The minimum atomic E-state index is -1.36. The highest BCUT2D eigenvalue weighted by molar-refractivity contribution is 7.99. The van der Waals surface area contributed by atoms with Gasteiger partial charge in [0.15, 0.2) is 28.4 Å². The lowest BCUT2D eigenvalue weighted by atomic mass is 10.1. The van der Waals surface area contributed by atoms with E-state index in [-0.39, 0.29) is 35.2 Å². The van der Waals surface area contributed by atoms with Gasteiger partial charge in [-0.15, -0.1) is 0 Å². The summed E-state index contributed by atoms with van der Waals surface area (Å²) >= 11 is 1.11. The van der Waals surface area contributed by atoms with E-state index in [2.05, 4.69) is 54.6 Å². The van der Waals surface area contributed by atoms with E-state index in [0.717, 1.165) is 28.1 Å². The summed E-state index contributed by atoms with van der Waals surface area (Å²) in [5, 5.41) is 30.1. The van der Waals surface area contributed by atoms with Crippen LogP contribution in [0.1, 0.15) is 11.8 Å². The first-order valence-corrected chi connectivity index (χ1v) is 12.8. The molecule has 5 N–H and O–H groups in total. The van der Waals surface area contributed by atoms with Crippen molar-refractivity contribution in [3.05, 3.63) is 64.8 Å². The summed E-state index contributed by atoms with van der Waals surface area (Å²) in [6.07, 6.45) is -2.77. The number of ether oxygens (including phenoxy) is 1. The molecule has 38 heavy (non-hydrogen) atoms. The minimum Gasteiger partial charge on any atom is -0.388 e. The van der Waals surface area contributed by atoms with Crippen molar-refractivity contribution < 1.29 is 19.7 Å². The molecular weight excluding hydrogens is 510 g/mol. The zero-order chi connectivity index (χ0) is 26.6. The van der Waals surface area contributed by atoms with Gasteiger partial charge in [0, 0.05) is 11.5 Å². The summed E-state index contributed by atoms with van der Waals surface area (Å²) in [4.78, 5) is 28.0. The number of hydrogen-bond donors (Lipinski definition) is 4. The molecule has 2 aromatic carbocycles. The number of aromatic nitrogens is 4. The maximum Gasteiger partial charge on any atom is 0.230 e. The summed E-state index contributed by atoms with van der Waals surface area (Å²) in [6.45, 7) is 0.293. The number of nitrogens with one attached hydrogen (secondary N) is 1. The number of nitrogen functional groups attached to an aromatic ring is 1. The summed E-state index contributed by atoms with van der Waals surface area (Å²) in [5.74, 6) is -0.0567. The second-order valence-electron chi connectivity index (χ2n) is 8.73. The number of fused-ring (bicyclic) bond motifs is 2. The van der Waals surface area contributed by atoms with Gasteiger partial charge in [-0.3, -0.25) is 9.36 Å². The Morgan fingerprint density at radius 3 is 2.84 bits per heavy atom. The van der Waals surface area contributed by atoms with Crippen molar-refractivity contribution in [2.75, 3.05) is 24.6 Å². The van der Waals surface area contributed by atoms with Crippen LogP contribution in [0.4, 0.5) is 5.82 Å². The maximum absolute atomic E-state index is 12.6. The first kappa shape index (κ1) is 25.7. The zero-order valence-electron chi connectivity index (χ0n) is 20.1. The second-order valence-corrected chi connectivity index (χ2v) is 9.67. The number of hydrogen-bond acceptors (Lipinski definition) is 10. The van der Waals surface area contributed by atoms with Crippen LogP contribution < -0.4 is 11.1 Å². The van der Waals surface area contributed by atoms with Crippen LogP contribution in [0.15, 0.2) is 59.1 Å². The Morgan fingerprint density at radius 1 is 1.21 bits per heavy atom. The average molecular weight is 536 g/mol. The number of aliphatic hydroxyl groups is 2. The number of nitrogens with two attached hydrogens (primary N) is 1. The van der Waals surface area contributed by atoms with E-state index in [1.807, 2.05) is 18.2 Å². The first-order chi connectivity index (χ1) is 18.5. The Balaban J connectivity index is 1.27. The number of imidazole rings is 1. The Morgan fingerprint density at radius 2 is 2.03 bits per heavy atom. The van der Waals surface area contributed by atoms with Gasteiger partial charge in [0.1, 0.15) is 18.5 Å². The molecule has 0 radical (unpaired) electrons. The van der Waals surface area contributed by atoms with Crippen molar-refractivity contribution >= 4 is 45.4 Å². The molecule has 1 saturated heterocycles.